The van der Waals surface area contributed by atoms with E-state index in [1.54, 1.807) is 58.0 Å². The number of nitrogen functional groups attached to an aromatic ring is 1. The number of nitrogens with zero attached hydrogens (tertiary/aromatic N) is 4. The molecule has 2 aromatic heterocycles. The number of carbonyl (C=O) groups excluding carboxylic acids is 3. The summed E-state index contributed by atoms with van der Waals surface area (Å²) in [4.78, 5) is 43.2. The lowest BCUT2D eigenvalue weighted by atomic mass is 9.95. The first-order valence-corrected chi connectivity index (χ1v) is 17.9. The van der Waals surface area contributed by atoms with Crippen molar-refractivity contribution in [1.82, 2.24) is 19.7 Å². The molecule has 3 N–H and O–H groups in total. The Morgan fingerprint density at radius 1 is 1.06 bits per heavy atom. The summed E-state index contributed by atoms with van der Waals surface area (Å²) < 4.78 is 56.5. The van der Waals surface area contributed by atoms with Gasteiger partial charge in [-0.15, -0.1) is 0 Å². The maximum atomic E-state index is 14.5. The molecule has 1 aromatic carbocycles. The number of nitriles is 1. The van der Waals surface area contributed by atoms with Gasteiger partial charge >= 0.3 is 25.7 Å². The summed E-state index contributed by atoms with van der Waals surface area (Å²) in [5, 5.41) is 17.7. The van der Waals surface area contributed by atoms with Crippen LogP contribution in [0.15, 0.2) is 48.8 Å². The maximum Gasteiger partial charge on any atom is 0.459 e. The van der Waals surface area contributed by atoms with E-state index in [2.05, 4.69) is 15.2 Å². The van der Waals surface area contributed by atoms with Crippen LogP contribution in [0.2, 0.25) is 0 Å². The highest BCUT2D eigenvalue weighted by Crippen LogP contribution is 2.50. The molecule has 5 rings (SSSR count). The average molecular weight is 729 g/mol. The second kappa shape index (κ2) is 15.7. The number of nitrogens with one attached hydrogen (secondary N) is 1. The van der Waals surface area contributed by atoms with Gasteiger partial charge in [0, 0.05) is 6.42 Å². The number of para-hydroxylation sites is 1. The van der Waals surface area contributed by atoms with Gasteiger partial charge in [0.05, 0.1) is 30.7 Å². The Hall–Kier alpha value is -4.59. The van der Waals surface area contributed by atoms with E-state index >= 15 is 0 Å². The van der Waals surface area contributed by atoms with Crippen LogP contribution in [0.3, 0.4) is 0 Å². The lowest BCUT2D eigenvalue weighted by molar-refractivity contribution is -0.173. The molecule has 2 fully saturated rings. The fourth-order valence-corrected chi connectivity index (χ4v) is 6.83. The number of hydrogen-bond donors (Lipinski definition) is 2. The third-order valence-electron chi connectivity index (χ3n) is 8.12. The molecule has 2 saturated heterocycles. The number of fused-ring (bicyclic) bond motifs is 1. The molecular formula is C33H41N6O11P. The molecule has 0 unspecified atom stereocenters. The predicted molar refractivity (Wildman–Crippen MR) is 178 cm³/mol. The van der Waals surface area contributed by atoms with E-state index in [1.165, 1.54) is 29.9 Å². The molecule has 4 heterocycles. The van der Waals surface area contributed by atoms with Crippen molar-refractivity contribution in [1.29, 1.82) is 5.26 Å². The van der Waals surface area contributed by atoms with Crippen LogP contribution in [0.25, 0.3) is 5.52 Å². The zero-order valence-corrected chi connectivity index (χ0v) is 29.7. The molecule has 51 heavy (non-hydrogen) atoms. The van der Waals surface area contributed by atoms with E-state index in [0.29, 0.717) is 18.5 Å². The minimum Gasteiger partial charge on any atom is -0.459 e. The van der Waals surface area contributed by atoms with Crippen LogP contribution in [0.5, 0.6) is 5.75 Å². The van der Waals surface area contributed by atoms with Gasteiger partial charge in [0.15, 0.2) is 18.0 Å². The van der Waals surface area contributed by atoms with Crippen LogP contribution >= 0.6 is 7.75 Å². The number of rotatable bonds is 14. The van der Waals surface area contributed by atoms with Gasteiger partial charge in [-0.1, -0.05) is 45.9 Å². The highest BCUT2D eigenvalue weighted by atomic mass is 31.2. The molecule has 0 aliphatic carbocycles. The molecule has 2 aliphatic rings. The molecule has 17 nitrogen and oxygen atoms in total. The van der Waals surface area contributed by atoms with Crippen LogP contribution < -0.4 is 15.3 Å². The zero-order valence-electron chi connectivity index (χ0n) is 28.8. The summed E-state index contributed by atoms with van der Waals surface area (Å²) in [5.74, 6) is -3.21. The summed E-state index contributed by atoms with van der Waals surface area (Å²) in [6.07, 6.45) is -3.10. The third kappa shape index (κ3) is 8.49. The van der Waals surface area contributed by atoms with Gasteiger partial charge in [-0.3, -0.25) is 18.9 Å². The Morgan fingerprint density at radius 3 is 2.41 bits per heavy atom. The highest BCUT2D eigenvalue weighted by molar-refractivity contribution is 7.52. The van der Waals surface area contributed by atoms with Crippen LogP contribution in [0.1, 0.15) is 52.8 Å². The van der Waals surface area contributed by atoms with Gasteiger partial charge in [0.2, 0.25) is 5.60 Å². The van der Waals surface area contributed by atoms with Gasteiger partial charge in [0.1, 0.15) is 48.5 Å². The number of benzene rings is 1. The van der Waals surface area contributed by atoms with E-state index in [-0.39, 0.29) is 23.9 Å². The predicted octanol–water partition coefficient (Wildman–Crippen LogP) is 3.29. The first-order chi connectivity index (χ1) is 24.3. The molecule has 274 valence electrons. The van der Waals surface area contributed by atoms with E-state index in [0.717, 1.165) is 0 Å². The van der Waals surface area contributed by atoms with Crippen LogP contribution in [-0.2, 0) is 47.2 Å². The number of anilines is 1. The molecule has 0 saturated carbocycles. The fourth-order valence-electron chi connectivity index (χ4n) is 5.31. The Bertz CT molecular complexity index is 1810. The summed E-state index contributed by atoms with van der Waals surface area (Å²) in [6, 6.07) is 12.0. The van der Waals surface area contributed by atoms with Crippen molar-refractivity contribution in [2.24, 2.45) is 11.8 Å². The topological polar surface area (TPSA) is 225 Å². The SMILES string of the molecule is CC(C)C(=O)O[C@H]1[C@H](c2ccc3c(N)ncnn23)O[C@](C#N)(CO[P@](=O)(N[C@@H](C)C(=O)O[C@H]2CCOC2)Oc2ccccc2)[C@H]1OC(=O)C(C)C. The molecule has 7 atom stereocenters. The van der Waals surface area contributed by atoms with E-state index in [9.17, 15) is 24.2 Å². The number of hydrogen-bond acceptors (Lipinski definition) is 15. The summed E-state index contributed by atoms with van der Waals surface area (Å²) in [6.45, 7) is 7.60. The lowest BCUT2D eigenvalue weighted by Gasteiger charge is -2.31. The maximum absolute atomic E-state index is 14.5. The molecule has 18 heteroatoms. The molecular weight excluding hydrogens is 687 g/mol. The highest BCUT2D eigenvalue weighted by Gasteiger charge is 2.62. The molecule has 0 bridgehead atoms. The lowest BCUT2D eigenvalue weighted by Crippen LogP contribution is -2.50. The number of carbonyl (C=O) groups is 3. The third-order valence-corrected chi connectivity index (χ3v) is 9.74. The average Bonchev–Trinajstić information content (AvgIpc) is 3.84. The number of aromatic nitrogens is 3. The Kier molecular flexibility index (Phi) is 11.6. The van der Waals surface area contributed by atoms with E-state index in [1.807, 2.05) is 6.07 Å². The summed E-state index contributed by atoms with van der Waals surface area (Å²) >= 11 is 0. The largest absolute Gasteiger partial charge is 0.459 e. The number of ether oxygens (including phenoxy) is 5. The van der Waals surface area contributed by atoms with Crippen molar-refractivity contribution in [3.05, 3.63) is 54.5 Å². The van der Waals surface area contributed by atoms with Gasteiger partial charge in [-0.05, 0) is 31.2 Å². The molecule has 0 amide bonds. The Balaban J connectivity index is 1.53. The summed E-state index contributed by atoms with van der Waals surface area (Å²) in [7, 11) is -4.58. The van der Waals surface area contributed by atoms with Crippen molar-refractivity contribution >= 4 is 37.0 Å². The van der Waals surface area contributed by atoms with Gasteiger partial charge in [-0.25, -0.2) is 14.1 Å². The van der Waals surface area contributed by atoms with Crippen molar-refractivity contribution in [2.75, 3.05) is 25.6 Å². The fraction of sp³-hybridized carbons (Fsp3) is 0.515. The van der Waals surface area contributed by atoms with Crippen LogP contribution in [0.4, 0.5) is 5.82 Å². The smallest absolute Gasteiger partial charge is 0.459 e. The Morgan fingerprint density at radius 2 is 1.76 bits per heavy atom. The first-order valence-electron chi connectivity index (χ1n) is 16.4. The van der Waals surface area contributed by atoms with Crippen molar-refractivity contribution in [2.45, 2.75) is 77.1 Å². The molecule has 0 spiro atoms. The zero-order chi connectivity index (χ0) is 36.9. The second-order valence-electron chi connectivity index (χ2n) is 12.8. The Labute approximate surface area is 294 Å². The minimum atomic E-state index is -4.58. The van der Waals surface area contributed by atoms with Crippen LogP contribution in [0, 0.1) is 23.2 Å². The molecule has 3 aromatic rings. The standard InChI is InChI=1S/C33H41N6O11P/c1-19(2)30(40)47-27-26(24-11-12-25-29(35)36-18-37-39(24)25)49-33(16-34,28(27)48-31(41)20(3)4)17-45-51(43,50-22-9-7-6-8-10-22)38-21(5)32(42)46-23-13-14-44-15-23/h6-12,18-21,23,26-28H,13-15,17H2,1-5H3,(H,38,43)(H2,35,36,37)/t21-,23-,26-,27-,28-,33+,51+/m0/s1. The van der Waals surface area contributed by atoms with Crippen molar-refractivity contribution < 1.29 is 51.7 Å². The first kappa shape index (κ1) is 37.7. The van der Waals surface area contributed by atoms with Crippen molar-refractivity contribution in [3.8, 4) is 11.8 Å². The number of esters is 3. The molecule has 0 radical (unpaired) electrons. The monoisotopic (exact) mass is 728 g/mol. The van der Waals surface area contributed by atoms with E-state index < -0.39 is 80.2 Å². The number of nitrogens with two attached hydrogens (primary N) is 1. The van der Waals surface area contributed by atoms with E-state index in [4.69, 9.17) is 38.5 Å². The second-order valence-corrected chi connectivity index (χ2v) is 14.5. The quantitative estimate of drug-likeness (QED) is 0.138. The van der Waals surface area contributed by atoms with Crippen molar-refractivity contribution in [3.63, 3.8) is 0 Å². The van der Waals surface area contributed by atoms with Gasteiger partial charge in [-0.2, -0.15) is 15.4 Å². The minimum absolute atomic E-state index is 0.109. The summed E-state index contributed by atoms with van der Waals surface area (Å²) in [5.41, 5.74) is 4.47. The van der Waals surface area contributed by atoms with Crippen LogP contribution in [-0.4, -0.2) is 82.3 Å². The molecule has 2 aliphatic heterocycles. The van der Waals surface area contributed by atoms with Gasteiger partial charge < -0.3 is 33.9 Å². The van der Waals surface area contributed by atoms with Gasteiger partial charge in [0.25, 0.3) is 0 Å². The normalized spacial score (nSPS) is 24.9.